The van der Waals surface area contributed by atoms with Gasteiger partial charge in [0.15, 0.2) is 0 Å². The van der Waals surface area contributed by atoms with Crippen molar-refractivity contribution in [3.05, 3.63) is 66.7 Å². The highest BCUT2D eigenvalue weighted by Crippen LogP contribution is 2.29. The van der Waals surface area contributed by atoms with Crippen LogP contribution >= 0.6 is 0 Å². The predicted octanol–water partition coefficient (Wildman–Crippen LogP) is 3.51. The molecule has 0 saturated carbocycles. The highest BCUT2D eigenvalue weighted by atomic mass is 16.5. The third-order valence-electron chi connectivity index (χ3n) is 7.77. The number of rotatable bonds is 9. The number of anilines is 3. The van der Waals surface area contributed by atoms with Gasteiger partial charge in [-0.1, -0.05) is 6.07 Å². The molecule has 0 amide bonds. The van der Waals surface area contributed by atoms with Crippen molar-refractivity contribution in [2.24, 2.45) is 0 Å². The van der Waals surface area contributed by atoms with Gasteiger partial charge in [0.1, 0.15) is 24.3 Å². The van der Waals surface area contributed by atoms with Gasteiger partial charge in [-0.3, -0.25) is 4.90 Å². The van der Waals surface area contributed by atoms with E-state index in [0.29, 0.717) is 29.8 Å². The Morgan fingerprint density at radius 2 is 1.79 bits per heavy atom. The molecule has 1 atom stereocenters. The molecule has 2 saturated heterocycles. The number of nitrogens with zero attached hydrogens (tertiary/aromatic N) is 9. The van der Waals surface area contributed by atoms with Crippen molar-refractivity contribution in [2.75, 3.05) is 49.6 Å². The SMILES string of the molecule is CC(Cn1cnnn1)Oc1cc(-c2cnc(Nc3ccc(N4CCC(N5CCOCC5)CC4)cc3)nc2)ccc1C#N. The number of benzene rings is 2. The Balaban J connectivity index is 1.05. The lowest BCUT2D eigenvalue weighted by Crippen LogP contribution is -2.49. The first kappa shape index (κ1) is 27.6. The lowest BCUT2D eigenvalue weighted by Gasteiger charge is -2.40. The van der Waals surface area contributed by atoms with Crippen LogP contribution in [0.4, 0.5) is 17.3 Å². The first-order valence-corrected chi connectivity index (χ1v) is 14.3. The predicted molar refractivity (Wildman–Crippen MR) is 157 cm³/mol. The molecule has 0 aliphatic carbocycles. The van der Waals surface area contributed by atoms with Crippen molar-refractivity contribution in [3.8, 4) is 22.9 Å². The van der Waals surface area contributed by atoms with Crippen molar-refractivity contribution in [1.82, 2.24) is 35.1 Å². The van der Waals surface area contributed by atoms with Crippen LogP contribution in [0, 0.1) is 11.3 Å². The molecule has 4 aromatic rings. The van der Waals surface area contributed by atoms with Crippen molar-refractivity contribution < 1.29 is 9.47 Å². The first-order valence-electron chi connectivity index (χ1n) is 14.3. The molecule has 0 bridgehead atoms. The minimum Gasteiger partial charge on any atom is -0.487 e. The maximum absolute atomic E-state index is 9.57. The van der Waals surface area contributed by atoms with E-state index in [4.69, 9.17) is 9.47 Å². The number of nitrogens with one attached hydrogen (secondary N) is 1. The number of hydrogen-bond donors (Lipinski definition) is 1. The average Bonchev–Trinajstić information content (AvgIpc) is 3.55. The molecule has 2 aromatic heterocycles. The molecule has 42 heavy (non-hydrogen) atoms. The summed E-state index contributed by atoms with van der Waals surface area (Å²) in [5.41, 5.74) is 4.29. The van der Waals surface area contributed by atoms with E-state index in [1.165, 1.54) is 24.9 Å². The normalized spacial score (nSPS) is 17.0. The molecular weight excluding hydrogens is 532 g/mol. The van der Waals surface area contributed by atoms with E-state index in [9.17, 15) is 5.26 Å². The fourth-order valence-corrected chi connectivity index (χ4v) is 5.53. The van der Waals surface area contributed by atoms with Crippen molar-refractivity contribution >= 4 is 17.3 Å². The largest absolute Gasteiger partial charge is 0.487 e. The number of morpholine rings is 1. The average molecular weight is 567 g/mol. The minimum atomic E-state index is -0.244. The Hall–Kier alpha value is -4.60. The zero-order valence-electron chi connectivity index (χ0n) is 23.6. The minimum absolute atomic E-state index is 0.244. The lowest BCUT2D eigenvalue weighted by molar-refractivity contribution is 0.0115. The fourth-order valence-electron chi connectivity index (χ4n) is 5.53. The fraction of sp³-hybridized carbons (Fsp3) is 0.400. The van der Waals surface area contributed by atoms with Crippen LogP contribution in [-0.4, -0.2) is 86.6 Å². The van der Waals surface area contributed by atoms with Crippen molar-refractivity contribution in [3.63, 3.8) is 0 Å². The Morgan fingerprint density at radius 1 is 1.02 bits per heavy atom. The molecule has 216 valence electrons. The van der Waals surface area contributed by atoms with Crippen LogP contribution in [0.3, 0.4) is 0 Å². The molecule has 0 radical (unpaired) electrons. The second-order valence-corrected chi connectivity index (χ2v) is 10.6. The van der Waals surface area contributed by atoms with E-state index in [1.807, 2.05) is 19.1 Å². The molecule has 12 nitrogen and oxygen atoms in total. The van der Waals surface area contributed by atoms with Gasteiger partial charge in [0.25, 0.3) is 0 Å². The van der Waals surface area contributed by atoms with Crippen LogP contribution in [-0.2, 0) is 11.3 Å². The van der Waals surface area contributed by atoms with E-state index in [0.717, 1.165) is 56.2 Å². The summed E-state index contributed by atoms with van der Waals surface area (Å²) < 4.78 is 13.2. The summed E-state index contributed by atoms with van der Waals surface area (Å²) in [5, 5.41) is 24.0. The molecule has 6 rings (SSSR count). The molecule has 12 heteroatoms. The maximum atomic E-state index is 9.57. The third kappa shape index (κ3) is 6.64. The van der Waals surface area contributed by atoms with Gasteiger partial charge in [-0.15, -0.1) is 5.10 Å². The summed E-state index contributed by atoms with van der Waals surface area (Å²) in [4.78, 5) is 14.1. The zero-order valence-corrected chi connectivity index (χ0v) is 23.6. The van der Waals surface area contributed by atoms with Gasteiger partial charge in [0, 0.05) is 61.6 Å². The highest BCUT2D eigenvalue weighted by molar-refractivity contribution is 5.67. The molecule has 2 aliphatic heterocycles. The number of nitriles is 1. The molecule has 2 aromatic carbocycles. The summed E-state index contributed by atoms with van der Waals surface area (Å²) >= 11 is 0. The second kappa shape index (κ2) is 12.9. The maximum Gasteiger partial charge on any atom is 0.227 e. The monoisotopic (exact) mass is 566 g/mol. The van der Waals surface area contributed by atoms with E-state index in [1.54, 1.807) is 23.1 Å². The summed E-state index contributed by atoms with van der Waals surface area (Å²) in [6.07, 6.45) is 7.18. The Bertz CT molecular complexity index is 1470. The Kier molecular flexibility index (Phi) is 8.48. The Labute approximate surface area is 244 Å². The number of ether oxygens (including phenoxy) is 2. The van der Waals surface area contributed by atoms with E-state index < -0.39 is 0 Å². The highest BCUT2D eigenvalue weighted by Gasteiger charge is 2.26. The van der Waals surface area contributed by atoms with Crippen molar-refractivity contribution in [2.45, 2.75) is 38.5 Å². The summed E-state index contributed by atoms with van der Waals surface area (Å²) in [5.74, 6) is 1.00. The van der Waals surface area contributed by atoms with Crippen LogP contribution in [0.1, 0.15) is 25.3 Å². The van der Waals surface area contributed by atoms with Gasteiger partial charge < -0.3 is 19.7 Å². The van der Waals surface area contributed by atoms with Gasteiger partial charge in [-0.2, -0.15) is 5.26 Å². The van der Waals surface area contributed by atoms with Gasteiger partial charge in [-0.05, 0) is 72.2 Å². The lowest BCUT2D eigenvalue weighted by atomic mass is 10.0. The summed E-state index contributed by atoms with van der Waals surface area (Å²) in [6.45, 7) is 8.33. The zero-order chi connectivity index (χ0) is 28.7. The molecular formula is C30H34N10O2. The number of aromatic nitrogens is 6. The number of hydrogen-bond acceptors (Lipinski definition) is 11. The van der Waals surface area contributed by atoms with E-state index >= 15 is 0 Å². The summed E-state index contributed by atoms with van der Waals surface area (Å²) in [7, 11) is 0. The topological polar surface area (TPSA) is 130 Å². The van der Waals surface area contributed by atoms with Gasteiger partial charge in [0.2, 0.25) is 5.95 Å². The summed E-state index contributed by atoms with van der Waals surface area (Å²) in [6, 6.07) is 16.8. The quantitative estimate of drug-likeness (QED) is 0.319. The van der Waals surface area contributed by atoms with E-state index in [-0.39, 0.29) is 6.10 Å². The standard InChI is InChI=1S/C30H34N10O2/c1-22(20-40-21-34-36-37-40)42-29-16-23(2-3-24(29)17-31)25-18-32-30(33-19-25)35-26-4-6-27(7-5-26)38-10-8-28(9-11-38)39-12-14-41-15-13-39/h2-7,16,18-19,21-22,28H,8-15,20H2,1H3,(H,32,33,35). The molecule has 2 fully saturated rings. The van der Waals surface area contributed by atoms with Crippen LogP contribution < -0.4 is 15.0 Å². The van der Waals surface area contributed by atoms with Crippen LogP contribution in [0.5, 0.6) is 5.75 Å². The number of tetrazole rings is 1. The molecule has 1 N–H and O–H groups in total. The molecule has 4 heterocycles. The molecule has 0 spiro atoms. The van der Waals surface area contributed by atoms with Crippen LogP contribution in [0.2, 0.25) is 0 Å². The molecule has 1 unspecified atom stereocenters. The van der Waals surface area contributed by atoms with Crippen molar-refractivity contribution in [1.29, 1.82) is 5.26 Å². The van der Waals surface area contributed by atoms with Crippen LogP contribution in [0.15, 0.2) is 61.2 Å². The van der Waals surface area contributed by atoms with Gasteiger partial charge in [0.05, 0.1) is 25.3 Å². The third-order valence-corrected chi connectivity index (χ3v) is 7.77. The smallest absolute Gasteiger partial charge is 0.227 e. The van der Waals surface area contributed by atoms with Crippen LogP contribution in [0.25, 0.3) is 11.1 Å². The van der Waals surface area contributed by atoms with E-state index in [2.05, 4.69) is 70.9 Å². The number of piperidine rings is 1. The molecule has 2 aliphatic rings. The Morgan fingerprint density at radius 3 is 2.48 bits per heavy atom. The van der Waals surface area contributed by atoms with Gasteiger partial charge >= 0.3 is 0 Å². The first-order chi connectivity index (χ1) is 20.6. The van der Waals surface area contributed by atoms with Gasteiger partial charge in [-0.25, -0.2) is 14.6 Å². The second-order valence-electron chi connectivity index (χ2n) is 10.6.